The maximum absolute atomic E-state index is 10.9. The van der Waals surface area contributed by atoms with E-state index in [-0.39, 0.29) is 11.3 Å². The van der Waals surface area contributed by atoms with E-state index in [1.807, 2.05) is 6.07 Å². The van der Waals surface area contributed by atoms with Crippen LogP contribution in [0.2, 0.25) is 0 Å². The summed E-state index contributed by atoms with van der Waals surface area (Å²) < 4.78 is 0. The Labute approximate surface area is 133 Å². The minimum absolute atomic E-state index is 0.0612. The topological polar surface area (TPSA) is 20.2 Å². The molecule has 1 aliphatic carbocycles. The van der Waals surface area contributed by atoms with Gasteiger partial charge in [-0.1, -0.05) is 81.8 Å². The highest BCUT2D eigenvalue weighted by molar-refractivity contribution is 5.70. The zero-order chi connectivity index (χ0) is 15.9. The van der Waals surface area contributed by atoms with Gasteiger partial charge in [-0.05, 0) is 28.5 Å². The van der Waals surface area contributed by atoms with Crippen molar-refractivity contribution in [2.24, 2.45) is 0 Å². The van der Waals surface area contributed by atoms with Gasteiger partial charge in [0.2, 0.25) is 0 Å². The lowest BCUT2D eigenvalue weighted by Gasteiger charge is -2.25. The molecule has 0 bridgehead atoms. The number of phenolic OH excluding ortho intramolecular Hbond substituents is 1. The highest BCUT2D eigenvalue weighted by Gasteiger charge is 2.29. The minimum Gasteiger partial charge on any atom is -0.507 e. The summed E-state index contributed by atoms with van der Waals surface area (Å²) in [5, 5.41) is 10.9. The molecule has 0 spiro atoms. The molecule has 0 aromatic heterocycles. The van der Waals surface area contributed by atoms with Crippen molar-refractivity contribution >= 4 is 6.08 Å². The number of rotatable bonds is 2. The Kier molecular flexibility index (Phi) is 3.60. The molecule has 0 heterocycles. The molecule has 1 N–H and O–H groups in total. The number of allylic oxidation sites excluding steroid dienone is 1. The molecule has 22 heavy (non-hydrogen) atoms. The fourth-order valence-electron chi connectivity index (χ4n) is 3.46. The van der Waals surface area contributed by atoms with Crippen molar-refractivity contribution in [1.82, 2.24) is 0 Å². The lowest BCUT2D eigenvalue weighted by molar-refractivity contribution is 0.439. The number of para-hydroxylation sites is 1. The summed E-state index contributed by atoms with van der Waals surface area (Å²) in [5.41, 5.74) is 5.96. The predicted molar refractivity (Wildman–Crippen MR) is 93.4 cm³/mol. The van der Waals surface area contributed by atoms with Crippen LogP contribution in [0, 0.1) is 0 Å². The van der Waals surface area contributed by atoms with Gasteiger partial charge in [-0.15, -0.1) is 0 Å². The molecule has 0 fully saturated rings. The van der Waals surface area contributed by atoms with Crippen LogP contribution in [0.1, 0.15) is 62.3 Å². The second-order valence-electron chi connectivity index (χ2n) is 7.13. The fraction of sp³-hybridized carbons (Fsp3) is 0.333. The van der Waals surface area contributed by atoms with E-state index in [1.54, 1.807) is 0 Å². The normalized spacial score (nSPS) is 17.3. The third-order valence-corrected chi connectivity index (χ3v) is 4.61. The molecule has 1 aliphatic rings. The van der Waals surface area contributed by atoms with E-state index in [0.717, 1.165) is 17.5 Å². The molecule has 1 nitrogen and oxygen atoms in total. The zero-order valence-corrected chi connectivity index (χ0v) is 13.9. The minimum atomic E-state index is -0.0612. The Morgan fingerprint density at radius 2 is 1.64 bits per heavy atom. The van der Waals surface area contributed by atoms with Crippen molar-refractivity contribution in [2.75, 3.05) is 0 Å². The van der Waals surface area contributed by atoms with Crippen molar-refractivity contribution in [3.63, 3.8) is 0 Å². The predicted octanol–water partition coefficient (Wildman–Crippen LogP) is 5.63. The molecule has 0 saturated heterocycles. The Hall–Kier alpha value is -2.02. The van der Waals surface area contributed by atoms with E-state index < -0.39 is 0 Å². The second kappa shape index (κ2) is 5.31. The monoisotopic (exact) mass is 292 g/mol. The Bertz CT molecular complexity index is 732. The average molecular weight is 292 g/mol. The zero-order valence-electron chi connectivity index (χ0n) is 13.9. The van der Waals surface area contributed by atoms with Gasteiger partial charge >= 0.3 is 0 Å². The second-order valence-corrected chi connectivity index (χ2v) is 7.13. The summed E-state index contributed by atoms with van der Waals surface area (Å²) >= 11 is 0. The van der Waals surface area contributed by atoms with Crippen LogP contribution in [0.15, 0.2) is 48.0 Å². The summed E-state index contributed by atoms with van der Waals surface area (Å²) in [7, 11) is 0. The van der Waals surface area contributed by atoms with Gasteiger partial charge in [-0.25, -0.2) is 0 Å². The Morgan fingerprint density at radius 3 is 2.32 bits per heavy atom. The van der Waals surface area contributed by atoms with Gasteiger partial charge in [-0.3, -0.25) is 0 Å². The Balaban J connectivity index is 2.18. The first kappa shape index (κ1) is 14.9. The summed E-state index contributed by atoms with van der Waals surface area (Å²) in [6.07, 6.45) is 3.28. The van der Waals surface area contributed by atoms with Gasteiger partial charge in [-0.2, -0.15) is 0 Å². The largest absolute Gasteiger partial charge is 0.507 e. The number of hydrogen-bond donors (Lipinski definition) is 1. The molecular weight excluding hydrogens is 268 g/mol. The Morgan fingerprint density at radius 1 is 0.955 bits per heavy atom. The molecule has 1 heteroatoms. The van der Waals surface area contributed by atoms with Crippen LogP contribution in [-0.4, -0.2) is 5.11 Å². The molecule has 114 valence electrons. The van der Waals surface area contributed by atoms with Crippen LogP contribution in [0.3, 0.4) is 0 Å². The lowest BCUT2D eigenvalue weighted by atomic mass is 9.80. The highest BCUT2D eigenvalue weighted by atomic mass is 16.3. The molecular formula is C21H24O. The van der Waals surface area contributed by atoms with Gasteiger partial charge < -0.3 is 5.11 Å². The standard InChI is InChI=1S/C21H24O/c1-5-14-13-15-9-6-7-10-16(15)19(14)17-11-8-12-18(20(17)22)21(2,3)4/h6-13,19,22H,5H2,1-4H3. The van der Waals surface area contributed by atoms with E-state index in [0.29, 0.717) is 5.75 Å². The third-order valence-electron chi connectivity index (χ3n) is 4.61. The molecule has 0 radical (unpaired) electrons. The number of phenols is 1. The average Bonchev–Trinajstić information content (AvgIpc) is 2.84. The van der Waals surface area contributed by atoms with Crippen LogP contribution >= 0.6 is 0 Å². The van der Waals surface area contributed by atoms with Gasteiger partial charge in [0.1, 0.15) is 5.75 Å². The van der Waals surface area contributed by atoms with Gasteiger partial charge in [0.25, 0.3) is 0 Å². The van der Waals surface area contributed by atoms with Crippen molar-refractivity contribution in [3.05, 3.63) is 70.3 Å². The molecule has 0 amide bonds. The summed E-state index contributed by atoms with van der Waals surface area (Å²) in [5.74, 6) is 0.638. The lowest BCUT2D eigenvalue weighted by Crippen LogP contribution is -2.13. The van der Waals surface area contributed by atoms with Gasteiger partial charge in [0.05, 0.1) is 0 Å². The van der Waals surface area contributed by atoms with Crippen molar-refractivity contribution in [2.45, 2.75) is 45.4 Å². The summed E-state index contributed by atoms with van der Waals surface area (Å²) in [6, 6.07) is 14.7. The first-order valence-electron chi connectivity index (χ1n) is 8.05. The van der Waals surface area contributed by atoms with Crippen LogP contribution in [0.5, 0.6) is 5.75 Å². The fourth-order valence-corrected chi connectivity index (χ4v) is 3.46. The van der Waals surface area contributed by atoms with E-state index in [9.17, 15) is 5.11 Å². The van der Waals surface area contributed by atoms with Crippen LogP contribution in [0.4, 0.5) is 0 Å². The van der Waals surface area contributed by atoms with Crippen LogP contribution in [0.25, 0.3) is 6.08 Å². The summed E-state index contributed by atoms with van der Waals surface area (Å²) in [4.78, 5) is 0. The SMILES string of the molecule is CCC1=Cc2ccccc2C1c1cccc(C(C)(C)C)c1O. The van der Waals surface area contributed by atoms with E-state index in [4.69, 9.17) is 0 Å². The number of fused-ring (bicyclic) bond motifs is 1. The van der Waals surface area contributed by atoms with E-state index >= 15 is 0 Å². The maximum Gasteiger partial charge on any atom is 0.123 e. The van der Waals surface area contributed by atoms with Gasteiger partial charge in [0, 0.05) is 11.5 Å². The first-order chi connectivity index (χ1) is 10.4. The van der Waals surface area contributed by atoms with Crippen molar-refractivity contribution in [3.8, 4) is 5.75 Å². The molecule has 1 atom stereocenters. The molecule has 1 unspecified atom stereocenters. The summed E-state index contributed by atoms with van der Waals surface area (Å²) in [6.45, 7) is 8.62. The number of benzene rings is 2. The van der Waals surface area contributed by atoms with Crippen LogP contribution in [-0.2, 0) is 5.41 Å². The molecule has 0 saturated carbocycles. The molecule has 0 aliphatic heterocycles. The van der Waals surface area contributed by atoms with Crippen molar-refractivity contribution in [1.29, 1.82) is 0 Å². The smallest absolute Gasteiger partial charge is 0.123 e. The molecule has 2 aromatic carbocycles. The van der Waals surface area contributed by atoms with E-state index in [2.05, 4.69) is 70.2 Å². The molecule has 3 rings (SSSR count). The quantitative estimate of drug-likeness (QED) is 0.760. The first-order valence-corrected chi connectivity index (χ1v) is 8.05. The molecule has 2 aromatic rings. The van der Waals surface area contributed by atoms with E-state index in [1.165, 1.54) is 16.7 Å². The van der Waals surface area contributed by atoms with Crippen molar-refractivity contribution < 1.29 is 5.11 Å². The maximum atomic E-state index is 10.9. The van der Waals surface area contributed by atoms with Crippen LogP contribution < -0.4 is 0 Å². The highest BCUT2D eigenvalue weighted by Crippen LogP contribution is 2.47. The van der Waals surface area contributed by atoms with Gasteiger partial charge in [0.15, 0.2) is 0 Å². The number of hydrogen-bond acceptors (Lipinski definition) is 1. The third kappa shape index (κ3) is 2.35. The number of aromatic hydroxyl groups is 1.